The van der Waals surface area contributed by atoms with E-state index in [-0.39, 0.29) is 11.6 Å². The van der Waals surface area contributed by atoms with E-state index >= 15 is 0 Å². The number of rotatable bonds is 7. The minimum Gasteiger partial charge on any atom is -0.496 e. The predicted molar refractivity (Wildman–Crippen MR) is 117 cm³/mol. The molecule has 0 saturated heterocycles. The first-order valence-corrected chi connectivity index (χ1v) is 10.8. The molecule has 0 bridgehead atoms. The van der Waals surface area contributed by atoms with Crippen molar-refractivity contribution in [3.05, 3.63) is 68.9 Å². The molecule has 0 saturated carbocycles. The van der Waals surface area contributed by atoms with Gasteiger partial charge in [0, 0.05) is 15.8 Å². The van der Waals surface area contributed by atoms with Crippen LogP contribution in [0.1, 0.15) is 24.4 Å². The molecule has 1 atom stereocenters. The van der Waals surface area contributed by atoms with E-state index in [1.165, 1.54) is 11.3 Å². The van der Waals surface area contributed by atoms with Gasteiger partial charge in [0.25, 0.3) is 5.56 Å². The number of thiophene rings is 2. The summed E-state index contributed by atoms with van der Waals surface area (Å²) >= 11 is 3.14. The van der Waals surface area contributed by atoms with Crippen LogP contribution in [0.4, 0.5) is 0 Å². The summed E-state index contributed by atoms with van der Waals surface area (Å²) in [7, 11) is 1.68. The Balaban J connectivity index is 1.50. The average molecular weight is 412 g/mol. The normalized spacial score (nSPS) is 12.4. The number of fused-ring (bicyclic) bond motifs is 1. The van der Waals surface area contributed by atoms with Gasteiger partial charge in [-0.2, -0.15) is 0 Å². The smallest absolute Gasteiger partial charge is 0.260 e. The van der Waals surface area contributed by atoms with Crippen molar-refractivity contribution in [2.24, 2.45) is 0 Å². The summed E-state index contributed by atoms with van der Waals surface area (Å²) in [5.74, 6) is 1.56. The number of benzene rings is 1. The summed E-state index contributed by atoms with van der Waals surface area (Å²) in [6.07, 6.45) is 0.836. The number of hydrogen-bond acceptors (Lipinski definition) is 6. The Morgan fingerprint density at radius 1 is 1.21 bits per heavy atom. The van der Waals surface area contributed by atoms with Crippen LogP contribution in [0.3, 0.4) is 0 Å². The van der Waals surface area contributed by atoms with Crippen molar-refractivity contribution in [1.82, 2.24) is 15.3 Å². The lowest BCUT2D eigenvalue weighted by Gasteiger charge is -2.14. The maximum atomic E-state index is 12.7. The maximum absolute atomic E-state index is 12.7. The largest absolute Gasteiger partial charge is 0.496 e. The molecule has 4 aromatic rings. The number of H-pyrrole nitrogens is 1. The Kier molecular flexibility index (Phi) is 5.57. The third-order valence-corrected chi connectivity index (χ3v) is 6.47. The Hall–Kier alpha value is -2.48. The fraction of sp³-hybridized carbons (Fsp3) is 0.238. The van der Waals surface area contributed by atoms with Crippen molar-refractivity contribution in [2.45, 2.75) is 19.4 Å². The van der Waals surface area contributed by atoms with Crippen LogP contribution in [0.15, 0.2) is 52.0 Å². The van der Waals surface area contributed by atoms with Crippen LogP contribution < -0.4 is 15.6 Å². The third kappa shape index (κ3) is 3.73. The molecule has 0 spiro atoms. The second kappa shape index (κ2) is 8.26. The van der Waals surface area contributed by atoms with Crippen molar-refractivity contribution in [1.29, 1.82) is 0 Å². The summed E-state index contributed by atoms with van der Waals surface area (Å²) in [5, 5.41) is 8.15. The molecule has 0 fully saturated rings. The molecule has 2 N–H and O–H groups in total. The first-order valence-electron chi connectivity index (χ1n) is 9.08. The van der Waals surface area contributed by atoms with Crippen molar-refractivity contribution in [3.8, 4) is 16.2 Å². The zero-order valence-corrected chi connectivity index (χ0v) is 17.3. The topological polar surface area (TPSA) is 67.0 Å². The van der Waals surface area contributed by atoms with Crippen LogP contribution in [-0.2, 0) is 6.42 Å². The second-order valence-electron chi connectivity index (χ2n) is 6.50. The predicted octanol–water partition coefficient (Wildman–Crippen LogP) is 4.62. The summed E-state index contributed by atoms with van der Waals surface area (Å²) in [6, 6.07) is 12.0. The molecule has 0 unspecified atom stereocenters. The molecule has 0 radical (unpaired) electrons. The Bertz CT molecular complexity index is 1130. The molecule has 4 rings (SSSR count). The van der Waals surface area contributed by atoms with E-state index in [0.29, 0.717) is 11.2 Å². The van der Waals surface area contributed by atoms with Gasteiger partial charge in [-0.15, -0.1) is 22.7 Å². The number of nitrogens with zero attached hydrogens (tertiary/aromatic N) is 1. The highest BCUT2D eigenvalue weighted by Crippen LogP contribution is 2.33. The minimum absolute atomic E-state index is 0.0564. The molecule has 3 heterocycles. The van der Waals surface area contributed by atoms with E-state index in [0.717, 1.165) is 39.5 Å². The van der Waals surface area contributed by atoms with Gasteiger partial charge >= 0.3 is 0 Å². The van der Waals surface area contributed by atoms with Gasteiger partial charge in [0.1, 0.15) is 16.4 Å². The number of nitrogens with one attached hydrogen (secondary N) is 2. The molecular weight excluding hydrogens is 390 g/mol. The highest BCUT2D eigenvalue weighted by atomic mass is 32.1. The summed E-state index contributed by atoms with van der Waals surface area (Å²) < 4.78 is 5.40. The van der Waals surface area contributed by atoms with E-state index < -0.39 is 0 Å². The van der Waals surface area contributed by atoms with Gasteiger partial charge < -0.3 is 15.0 Å². The Morgan fingerprint density at radius 2 is 2.07 bits per heavy atom. The van der Waals surface area contributed by atoms with Crippen LogP contribution in [0.2, 0.25) is 0 Å². The van der Waals surface area contributed by atoms with Crippen molar-refractivity contribution in [3.63, 3.8) is 0 Å². The van der Waals surface area contributed by atoms with Gasteiger partial charge in [0.2, 0.25) is 0 Å². The molecule has 0 aliphatic rings. The van der Waals surface area contributed by atoms with Gasteiger partial charge in [-0.3, -0.25) is 4.79 Å². The number of hydrogen-bond donors (Lipinski definition) is 2. The molecule has 0 aliphatic heterocycles. The van der Waals surface area contributed by atoms with Gasteiger partial charge in [-0.1, -0.05) is 24.3 Å². The van der Waals surface area contributed by atoms with Crippen LogP contribution in [0.25, 0.3) is 20.7 Å². The maximum Gasteiger partial charge on any atom is 0.260 e. The Labute approximate surface area is 171 Å². The van der Waals surface area contributed by atoms with E-state index in [2.05, 4.69) is 16.4 Å². The molecule has 7 heteroatoms. The van der Waals surface area contributed by atoms with Gasteiger partial charge in [-0.05, 0) is 43.0 Å². The Morgan fingerprint density at radius 3 is 2.86 bits per heavy atom. The van der Waals surface area contributed by atoms with E-state index in [1.54, 1.807) is 18.4 Å². The second-order valence-corrected chi connectivity index (χ2v) is 8.30. The van der Waals surface area contributed by atoms with Gasteiger partial charge in [0.05, 0.1) is 18.5 Å². The zero-order valence-electron chi connectivity index (χ0n) is 15.7. The number of methoxy groups -OCH3 is 1. The standard InChI is InChI=1S/C21H21N3O2S2/c1-13(22-10-9-14-6-3-4-7-16(14)26-2)19-23-20(25)18-15(12-28-21(18)24-19)17-8-5-11-27-17/h3-8,11-13,22H,9-10H2,1-2H3,(H,23,24,25)/t13-/m0/s1. The number of aromatic amines is 1. The highest BCUT2D eigenvalue weighted by Gasteiger charge is 2.16. The van der Waals surface area contributed by atoms with E-state index in [9.17, 15) is 4.79 Å². The lowest BCUT2D eigenvalue weighted by molar-refractivity contribution is 0.408. The lowest BCUT2D eigenvalue weighted by Crippen LogP contribution is -2.25. The van der Waals surface area contributed by atoms with Crippen LogP contribution in [0.5, 0.6) is 5.75 Å². The average Bonchev–Trinajstić information content (AvgIpc) is 3.37. The van der Waals surface area contributed by atoms with Gasteiger partial charge in [-0.25, -0.2) is 4.98 Å². The first-order chi connectivity index (χ1) is 13.7. The van der Waals surface area contributed by atoms with Crippen molar-refractivity contribution < 1.29 is 4.74 Å². The molecule has 1 aromatic carbocycles. The SMILES string of the molecule is COc1ccccc1CCN[C@@H](C)c1nc2scc(-c3cccs3)c2c(=O)[nH]1. The molecule has 5 nitrogen and oxygen atoms in total. The van der Waals surface area contributed by atoms with E-state index in [4.69, 9.17) is 9.72 Å². The molecule has 144 valence electrons. The molecule has 0 aliphatic carbocycles. The summed E-state index contributed by atoms with van der Waals surface area (Å²) in [4.78, 5) is 22.3. The van der Waals surface area contributed by atoms with Crippen LogP contribution >= 0.6 is 22.7 Å². The quantitative estimate of drug-likeness (QED) is 0.466. The van der Waals surface area contributed by atoms with Crippen molar-refractivity contribution in [2.75, 3.05) is 13.7 Å². The summed E-state index contributed by atoms with van der Waals surface area (Å²) in [6.45, 7) is 2.77. The fourth-order valence-corrected chi connectivity index (χ4v) is 4.98. The van der Waals surface area contributed by atoms with Gasteiger partial charge in [0.15, 0.2) is 0 Å². The number of ether oxygens (including phenoxy) is 1. The third-order valence-electron chi connectivity index (χ3n) is 4.70. The van der Waals surface area contributed by atoms with Crippen LogP contribution in [0, 0.1) is 0 Å². The minimum atomic E-state index is -0.0805. The zero-order chi connectivity index (χ0) is 19.5. The molecule has 28 heavy (non-hydrogen) atoms. The first kappa shape index (κ1) is 18.9. The lowest BCUT2D eigenvalue weighted by atomic mass is 10.1. The molecule has 0 amide bonds. The number of aromatic nitrogens is 2. The summed E-state index contributed by atoms with van der Waals surface area (Å²) in [5.41, 5.74) is 2.04. The highest BCUT2D eigenvalue weighted by molar-refractivity contribution is 7.18. The van der Waals surface area contributed by atoms with Crippen LogP contribution in [-0.4, -0.2) is 23.6 Å². The number of para-hydroxylation sites is 1. The molecule has 3 aromatic heterocycles. The monoisotopic (exact) mass is 411 g/mol. The van der Waals surface area contributed by atoms with E-state index in [1.807, 2.05) is 48.0 Å². The molecular formula is C21H21N3O2S2. The fourth-order valence-electron chi connectivity index (χ4n) is 3.21. The van der Waals surface area contributed by atoms with Crippen molar-refractivity contribution >= 4 is 32.9 Å².